The van der Waals surface area contributed by atoms with E-state index in [1.807, 2.05) is 11.8 Å². The average molecular weight is 311 g/mol. The van der Waals surface area contributed by atoms with E-state index in [4.69, 9.17) is 0 Å². The summed E-state index contributed by atoms with van der Waals surface area (Å²) in [4.78, 5) is 17.9. The van der Waals surface area contributed by atoms with Crippen LogP contribution in [0.1, 0.15) is 97.8 Å². The van der Waals surface area contributed by atoms with E-state index in [0.717, 1.165) is 25.9 Å². The predicted molar refractivity (Wildman–Crippen MR) is 97.9 cm³/mol. The maximum absolute atomic E-state index is 12.0. The summed E-state index contributed by atoms with van der Waals surface area (Å²) < 4.78 is 0. The van der Waals surface area contributed by atoms with Crippen LogP contribution in [0.2, 0.25) is 0 Å². The van der Waals surface area contributed by atoms with Crippen molar-refractivity contribution < 1.29 is 4.79 Å². The summed E-state index contributed by atoms with van der Waals surface area (Å²) in [5.74, 6) is 0. The van der Waals surface area contributed by atoms with Crippen LogP contribution < -0.4 is 0 Å². The van der Waals surface area contributed by atoms with Crippen LogP contribution in [-0.4, -0.2) is 30.2 Å². The Morgan fingerprint density at radius 3 is 1.59 bits per heavy atom. The molecule has 0 atom stereocenters. The number of carbonyl (C=O) groups excluding carboxylic acids is 1. The summed E-state index contributed by atoms with van der Waals surface area (Å²) in [5.41, 5.74) is 0. The Hall–Kier alpha value is -0.860. The van der Waals surface area contributed by atoms with Crippen molar-refractivity contribution in [1.82, 2.24) is 4.90 Å². The minimum absolute atomic E-state index is 0.0513. The fourth-order valence-electron chi connectivity index (χ4n) is 2.66. The van der Waals surface area contributed by atoms with Crippen LogP contribution in [0.25, 0.3) is 0 Å². The Labute approximate surface area is 138 Å². The molecule has 0 aliphatic heterocycles. The zero-order chi connectivity index (χ0) is 16.5. The van der Waals surface area contributed by atoms with Crippen molar-refractivity contribution in [2.75, 3.05) is 13.1 Å². The first-order chi connectivity index (χ1) is 10.8. The zero-order valence-electron chi connectivity index (χ0n) is 15.3. The van der Waals surface area contributed by atoms with Crippen LogP contribution in [0.5, 0.6) is 0 Å². The van der Waals surface area contributed by atoms with Crippen LogP contribution in [0.3, 0.4) is 0 Å². The van der Waals surface area contributed by atoms with E-state index in [9.17, 15) is 4.79 Å². The van der Waals surface area contributed by atoms with Gasteiger partial charge in [-0.25, -0.2) is 9.79 Å². The number of hydrogen-bond acceptors (Lipinski definition) is 1. The Balaban J connectivity index is 3.87. The topological polar surface area (TPSA) is 32.7 Å². The number of nitrogens with zero attached hydrogens (tertiary/aromatic N) is 2. The van der Waals surface area contributed by atoms with E-state index >= 15 is 0 Å². The van der Waals surface area contributed by atoms with Gasteiger partial charge in [-0.15, -0.1) is 0 Å². The summed E-state index contributed by atoms with van der Waals surface area (Å²) >= 11 is 0. The molecule has 0 rings (SSSR count). The summed E-state index contributed by atoms with van der Waals surface area (Å²) in [7, 11) is 0. The summed E-state index contributed by atoms with van der Waals surface area (Å²) in [6, 6.07) is -0.0513. The molecule has 0 N–H and O–H groups in total. The molecule has 0 saturated carbocycles. The predicted octanol–water partition coefficient (Wildman–Crippen LogP) is 6.22. The molecule has 0 aromatic rings. The lowest BCUT2D eigenvalue weighted by Crippen LogP contribution is -2.30. The normalized spacial score (nSPS) is 11.2. The molecule has 0 radical (unpaired) electrons. The van der Waals surface area contributed by atoms with Gasteiger partial charge in [0.05, 0.1) is 0 Å². The second-order valence-corrected chi connectivity index (χ2v) is 6.19. The van der Waals surface area contributed by atoms with Gasteiger partial charge in [-0.1, -0.05) is 78.1 Å². The molecule has 0 aromatic carbocycles. The van der Waals surface area contributed by atoms with Crippen molar-refractivity contribution in [2.24, 2.45) is 4.99 Å². The lowest BCUT2D eigenvalue weighted by Gasteiger charge is -2.20. The highest BCUT2D eigenvalue weighted by molar-refractivity contribution is 5.82. The third kappa shape index (κ3) is 12.8. The summed E-state index contributed by atoms with van der Waals surface area (Å²) in [5, 5.41) is 0. The second kappa shape index (κ2) is 16.5. The Kier molecular flexibility index (Phi) is 15.9. The molecule has 3 heteroatoms. The van der Waals surface area contributed by atoms with Crippen LogP contribution in [0.4, 0.5) is 4.79 Å². The second-order valence-electron chi connectivity index (χ2n) is 6.19. The van der Waals surface area contributed by atoms with Crippen molar-refractivity contribution >= 4 is 12.2 Å². The quantitative estimate of drug-likeness (QED) is 0.277. The lowest BCUT2D eigenvalue weighted by atomic mass is 10.1. The molecule has 2 amide bonds. The molecule has 130 valence electrons. The highest BCUT2D eigenvalue weighted by Crippen LogP contribution is 2.09. The molecule has 0 heterocycles. The minimum Gasteiger partial charge on any atom is -0.323 e. The monoisotopic (exact) mass is 310 g/mol. The fraction of sp³-hybridized carbons (Fsp3) is 0.895. The lowest BCUT2D eigenvalue weighted by molar-refractivity contribution is 0.205. The standard InChI is InChI=1S/C19H38N2O/c1-4-7-9-11-13-15-17-21(19(22)20-6-3)18-16-14-12-10-8-5-2/h6H,4-5,7-18H2,1-3H3. The van der Waals surface area contributed by atoms with E-state index in [-0.39, 0.29) is 6.03 Å². The molecule has 0 aliphatic rings. The number of amides is 2. The van der Waals surface area contributed by atoms with Gasteiger partial charge in [-0.05, 0) is 19.8 Å². The van der Waals surface area contributed by atoms with Gasteiger partial charge >= 0.3 is 6.03 Å². The van der Waals surface area contributed by atoms with E-state index in [1.165, 1.54) is 64.2 Å². The molecule has 0 spiro atoms. The van der Waals surface area contributed by atoms with E-state index in [2.05, 4.69) is 18.8 Å². The molecule has 22 heavy (non-hydrogen) atoms. The van der Waals surface area contributed by atoms with E-state index in [0.29, 0.717) is 0 Å². The maximum Gasteiger partial charge on any atom is 0.343 e. The SMILES string of the molecule is CC=NC(=O)N(CCCCCCCC)CCCCCCCC. The van der Waals surface area contributed by atoms with Crippen LogP contribution >= 0.6 is 0 Å². The number of aliphatic imine (C=N–C) groups is 1. The zero-order valence-corrected chi connectivity index (χ0v) is 15.3. The van der Waals surface area contributed by atoms with E-state index in [1.54, 1.807) is 6.21 Å². The molecule has 3 nitrogen and oxygen atoms in total. The van der Waals surface area contributed by atoms with Gasteiger partial charge in [0.25, 0.3) is 0 Å². The van der Waals surface area contributed by atoms with Crippen LogP contribution in [0.15, 0.2) is 4.99 Å². The molecule has 0 aliphatic carbocycles. The molecule has 0 aromatic heterocycles. The number of unbranched alkanes of at least 4 members (excludes halogenated alkanes) is 10. The first-order valence-corrected chi connectivity index (χ1v) is 9.53. The van der Waals surface area contributed by atoms with Crippen LogP contribution in [0, 0.1) is 0 Å². The van der Waals surface area contributed by atoms with Crippen LogP contribution in [-0.2, 0) is 0 Å². The van der Waals surface area contributed by atoms with Gasteiger partial charge < -0.3 is 4.90 Å². The number of hydrogen-bond donors (Lipinski definition) is 0. The number of carbonyl (C=O) groups is 1. The van der Waals surface area contributed by atoms with Gasteiger partial charge in [0, 0.05) is 19.3 Å². The highest BCUT2D eigenvalue weighted by Gasteiger charge is 2.10. The molecule has 0 bridgehead atoms. The van der Waals surface area contributed by atoms with Gasteiger partial charge in [-0.2, -0.15) is 0 Å². The highest BCUT2D eigenvalue weighted by atomic mass is 16.2. The fourth-order valence-corrected chi connectivity index (χ4v) is 2.66. The van der Waals surface area contributed by atoms with Crippen molar-refractivity contribution in [2.45, 2.75) is 97.8 Å². The van der Waals surface area contributed by atoms with Crippen molar-refractivity contribution in [1.29, 1.82) is 0 Å². The Bertz CT molecular complexity index is 261. The van der Waals surface area contributed by atoms with E-state index < -0.39 is 0 Å². The average Bonchev–Trinajstić information content (AvgIpc) is 2.52. The minimum atomic E-state index is -0.0513. The Morgan fingerprint density at radius 2 is 1.18 bits per heavy atom. The maximum atomic E-state index is 12.0. The first-order valence-electron chi connectivity index (χ1n) is 9.53. The van der Waals surface area contributed by atoms with Gasteiger partial charge in [0.1, 0.15) is 0 Å². The number of urea groups is 1. The van der Waals surface area contributed by atoms with Crippen molar-refractivity contribution in [3.05, 3.63) is 0 Å². The first kappa shape index (κ1) is 21.1. The smallest absolute Gasteiger partial charge is 0.323 e. The third-order valence-electron chi connectivity index (χ3n) is 4.07. The van der Waals surface area contributed by atoms with Gasteiger partial charge in [0.2, 0.25) is 0 Å². The third-order valence-corrected chi connectivity index (χ3v) is 4.07. The number of rotatable bonds is 14. The largest absolute Gasteiger partial charge is 0.343 e. The Morgan fingerprint density at radius 1 is 0.773 bits per heavy atom. The molecule has 0 unspecified atom stereocenters. The summed E-state index contributed by atoms with van der Waals surface area (Å²) in [6.45, 7) is 8.04. The summed E-state index contributed by atoms with van der Waals surface area (Å²) in [6.07, 6.45) is 16.8. The molecular formula is C19H38N2O. The van der Waals surface area contributed by atoms with Crippen molar-refractivity contribution in [3.8, 4) is 0 Å². The van der Waals surface area contributed by atoms with Crippen molar-refractivity contribution in [3.63, 3.8) is 0 Å². The molecule has 0 fully saturated rings. The van der Waals surface area contributed by atoms with Gasteiger partial charge in [-0.3, -0.25) is 0 Å². The van der Waals surface area contributed by atoms with Gasteiger partial charge in [0.15, 0.2) is 0 Å². The molecular weight excluding hydrogens is 272 g/mol. The molecule has 0 saturated heterocycles.